The van der Waals surface area contributed by atoms with Crippen LogP contribution in [0.15, 0.2) is 76.7 Å². The fourth-order valence-electron chi connectivity index (χ4n) is 4.44. The zero-order valence-corrected chi connectivity index (χ0v) is 25.6. The predicted molar refractivity (Wildman–Crippen MR) is 166 cm³/mol. The molecule has 43 heavy (non-hydrogen) atoms. The number of piperazine rings is 1. The van der Waals surface area contributed by atoms with Crippen LogP contribution in [-0.2, 0) is 14.8 Å². The minimum atomic E-state index is -3.83. The van der Waals surface area contributed by atoms with Gasteiger partial charge in [-0.1, -0.05) is 41.2 Å². The van der Waals surface area contributed by atoms with Crippen molar-refractivity contribution >= 4 is 54.9 Å². The number of aromatic nitrogens is 1. The number of benzene rings is 3. The van der Waals surface area contributed by atoms with Crippen LogP contribution in [0.4, 0.5) is 9.93 Å². The summed E-state index contributed by atoms with van der Waals surface area (Å²) >= 11 is 1.29. The van der Waals surface area contributed by atoms with Crippen molar-refractivity contribution in [2.75, 3.05) is 44.9 Å². The van der Waals surface area contributed by atoms with E-state index in [4.69, 9.17) is 9.47 Å². The lowest BCUT2D eigenvalue weighted by Crippen LogP contribution is -2.50. The van der Waals surface area contributed by atoms with E-state index in [9.17, 15) is 18.0 Å². The molecule has 1 aliphatic rings. The normalized spacial score (nSPS) is 14.3. The van der Waals surface area contributed by atoms with Gasteiger partial charge in [0.25, 0.3) is 5.91 Å². The van der Waals surface area contributed by atoms with Crippen LogP contribution in [0.2, 0.25) is 0 Å². The number of fused-ring (bicyclic) bond motifs is 1. The molecule has 1 saturated heterocycles. The molecular weight excluding hydrogens is 590 g/mol. The van der Waals surface area contributed by atoms with Crippen LogP contribution in [0.5, 0.6) is 5.75 Å². The van der Waals surface area contributed by atoms with Gasteiger partial charge in [-0.3, -0.25) is 4.79 Å². The number of hydrogen-bond donors (Lipinski definition) is 0. The van der Waals surface area contributed by atoms with Crippen molar-refractivity contribution in [2.45, 2.75) is 18.7 Å². The van der Waals surface area contributed by atoms with E-state index in [-0.39, 0.29) is 43.2 Å². The Bertz CT molecular complexity index is 1750. The lowest BCUT2D eigenvalue weighted by atomic mass is 10.2. The number of carbonyl (C=O) groups excluding carboxylic acids is 2. The Morgan fingerprint density at radius 1 is 1.02 bits per heavy atom. The monoisotopic (exact) mass is 621 g/mol. The van der Waals surface area contributed by atoms with Crippen molar-refractivity contribution in [2.24, 2.45) is 5.10 Å². The molecule has 1 aliphatic heterocycles. The van der Waals surface area contributed by atoms with Gasteiger partial charge in [-0.15, -0.1) is 0 Å². The first-order valence-corrected chi connectivity index (χ1v) is 15.9. The van der Waals surface area contributed by atoms with Crippen LogP contribution in [0.1, 0.15) is 28.4 Å². The Labute approximate surface area is 254 Å². The van der Waals surface area contributed by atoms with Gasteiger partial charge in [0.1, 0.15) is 5.75 Å². The second-order valence-electron chi connectivity index (χ2n) is 9.72. The standard InChI is InChI=1S/C30H31N5O6S2/c1-4-41-30(37)33-15-17-34(18-16-33)43(38,39)25-12-9-23(10-13-25)28(36)35(31-20-22-7-5-21(2)6-8-22)29-32-26-14-11-24(40-3)19-27(26)42-29/h5-14,19-20H,4,15-18H2,1-3H3/b31-20+. The number of methoxy groups -OCH3 is 1. The summed E-state index contributed by atoms with van der Waals surface area (Å²) in [6.45, 7) is 4.72. The second-order valence-corrected chi connectivity index (χ2v) is 12.7. The Morgan fingerprint density at radius 3 is 2.37 bits per heavy atom. The number of hydrogen-bond acceptors (Lipinski definition) is 9. The molecule has 13 heteroatoms. The van der Waals surface area contributed by atoms with Crippen LogP contribution in [-0.4, -0.2) is 80.7 Å². The average Bonchev–Trinajstić information content (AvgIpc) is 3.45. The maximum Gasteiger partial charge on any atom is 0.409 e. The van der Waals surface area contributed by atoms with E-state index in [2.05, 4.69) is 10.1 Å². The number of amides is 2. The van der Waals surface area contributed by atoms with Crippen molar-refractivity contribution in [3.05, 3.63) is 83.4 Å². The molecule has 0 atom stereocenters. The fourth-order valence-corrected chi connectivity index (χ4v) is 6.82. The summed E-state index contributed by atoms with van der Waals surface area (Å²) in [5.74, 6) is 0.198. The van der Waals surface area contributed by atoms with Crippen LogP contribution >= 0.6 is 11.3 Å². The van der Waals surface area contributed by atoms with Gasteiger partial charge in [-0.05, 0) is 61.9 Å². The molecule has 0 N–H and O–H groups in total. The zero-order valence-electron chi connectivity index (χ0n) is 24.0. The molecule has 2 heterocycles. The van der Waals surface area contributed by atoms with Crippen molar-refractivity contribution in [3.63, 3.8) is 0 Å². The number of ether oxygens (including phenoxy) is 2. The molecule has 2 amide bonds. The highest BCUT2D eigenvalue weighted by atomic mass is 32.2. The smallest absolute Gasteiger partial charge is 0.409 e. The van der Waals surface area contributed by atoms with E-state index in [1.807, 2.05) is 43.3 Å². The van der Waals surface area contributed by atoms with Crippen LogP contribution in [0.25, 0.3) is 10.2 Å². The number of thiazole rings is 1. The third-order valence-corrected chi connectivity index (χ3v) is 9.77. The summed E-state index contributed by atoms with van der Waals surface area (Å²) < 4.78 is 39.1. The molecule has 0 aliphatic carbocycles. The first-order valence-electron chi connectivity index (χ1n) is 13.6. The molecule has 0 bridgehead atoms. The number of anilines is 1. The molecule has 224 valence electrons. The van der Waals surface area contributed by atoms with E-state index in [0.29, 0.717) is 16.4 Å². The average molecular weight is 622 g/mol. The van der Waals surface area contributed by atoms with Gasteiger partial charge >= 0.3 is 6.09 Å². The Morgan fingerprint density at radius 2 is 1.72 bits per heavy atom. The van der Waals surface area contributed by atoms with Gasteiger partial charge in [-0.2, -0.15) is 14.4 Å². The van der Waals surface area contributed by atoms with E-state index in [0.717, 1.165) is 15.8 Å². The molecule has 5 rings (SSSR count). The summed E-state index contributed by atoms with van der Waals surface area (Å²) in [4.78, 5) is 31.9. The number of sulfonamides is 1. The van der Waals surface area contributed by atoms with Crippen LogP contribution < -0.4 is 9.75 Å². The van der Waals surface area contributed by atoms with Crippen molar-refractivity contribution in [1.29, 1.82) is 0 Å². The van der Waals surface area contributed by atoms with Crippen molar-refractivity contribution in [1.82, 2.24) is 14.2 Å². The predicted octanol–water partition coefficient (Wildman–Crippen LogP) is 4.76. The molecular formula is C30H31N5O6S2. The van der Waals surface area contributed by atoms with Gasteiger partial charge in [0.05, 0.1) is 35.0 Å². The Hall–Kier alpha value is -4.33. The summed E-state index contributed by atoms with van der Waals surface area (Å²) in [7, 11) is -2.25. The van der Waals surface area contributed by atoms with E-state index in [1.165, 1.54) is 49.8 Å². The maximum atomic E-state index is 13.8. The molecule has 0 radical (unpaired) electrons. The quantitative estimate of drug-likeness (QED) is 0.206. The van der Waals surface area contributed by atoms with Gasteiger partial charge in [-0.25, -0.2) is 18.2 Å². The van der Waals surface area contributed by atoms with Crippen molar-refractivity contribution < 1.29 is 27.5 Å². The van der Waals surface area contributed by atoms with Gasteiger partial charge < -0.3 is 14.4 Å². The first kappa shape index (κ1) is 30.1. The summed E-state index contributed by atoms with van der Waals surface area (Å²) in [5.41, 5.74) is 2.83. The number of carbonyl (C=O) groups is 2. The van der Waals surface area contributed by atoms with E-state index < -0.39 is 22.0 Å². The van der Waals surface area contributed by atoms with Crippen LogP contribution in [0, 0.1) is 6.92 Å². The largest absolute Gasteiger partial charge is 0.497 e. The van der Waals surface area contributed by atoms with Crippen molar-refractivity contribution in [3.8, 4) is 5.75 Å². The summed E-state index contributed by atoms with van der Waals surface area (Å²) in [5, 5.41) is 6.07. The SMILES string of the molecule is CCOC(=O)N1CCN(S(=O)(=O)c2ccc(C(=O)N(/N=C/c3ccc(C)cc3)c3nc4ccc(OC)cc4s3)cc2)CC1. The summed E-state index contributed by atoms with van der Waals surface area (Å²) in [6.07, 6.45) is 1.13. The lowest BCUT2D eigenvalue weighted by molar-refractivity contribution is 0.0933. The number of nitrogens with zero attached hydrogens (tertiary/aromatic N) is 5. The van der Waals surface area contributed by atoms with Crippen LogP contribution in [0.3, 0.4) is 0 Å². The van der Waals surface area contributed by atoms with Gasteiger partial charge in [0.15, 0.2) is 0 Å². The van der Waals surface area contributed by atoms with E-state index in [1.54, 1.807) is 26.3 Å². The Balaban J connectivity index is 1.39. The maximum absolute atomic E-state index is 13.8. The number of hydrazone groups is 1. The third-order valence-electron chi connectivity index (χ3n) is 6.86. The highest BCUT2D eigenvalue weighted by molar-refractivity contribution is 7.89. The highest BCUT2D eigenvalue weighted by Gasteiger charge is 2.31. The van der Waals surface area contributed by atoms with Gasteiger partial charge in [0, 0.05) is 31.7 Å². The fraction of sp³-hybridized carbons (Fsp3) is 0.267. The Kier molecular flexibility index (Phi) is 9.04. The minimum Gasteiger partial charge on any atom is -0.497 e. The second kappa shape index (κ2) is 12.9. The van der Waals surface area contributed by atoms with E-state index >= 15 is 0 Å². The molecule has 11 nitrogen and oxygen atoms in total. The summed E-state index contributed by atoms with van der Waals surface area (Å²) in [6, 6.07) is 18.9. The number of aryl methyl sites for hydroxylation is 1. The van der Waals surface area contributed by atoms with Gasteiger partial charge in [0.2, 0.25) is 15.2 Å². The molecule has 0 saturated carbocycles. The zero-order chi connectivity index (χ0) is 30.6. The number of rotatable bonds is 8. The lowest BCUT2D eigenvalue weighted by Gasteiger charge is -2.33. The highest BCUT2D eigenvalue weighted by Crippen LogP contribution is 2.32. The topological polar surface area (TPSA) is 122 Å². The molecule has 1 aromatic heterocycles. The third kappa shape index (κ3) is 6.69. The minimum absolute atomic E-state index is 0.0513. The molecule has 0 unspecified atom stereocenters. The molecule has 1 fully saturated rings. The molecule has 3 aromatic carbocycles. The molecule has 0 spiro atoms. The first-order chi connectivity index (χ1) is 20.7. The molecule has 4 aromatic rings.